The molecule has 1 rings (SSSR count). The Bertz CT molecular complexity index is 269. The number of unbranched alkanes of at least 4 members (excludes halogenated alkanes) is 6. The van der Waals surface area contributed by atoms with Gasteiger partial charge in [0.1, 0.15) is 0 Å². The second-order valence-electron chi connectivity index (χ2n) is 6.57. The van der Waals surface area contributed by atoms with Gasteiger partial charge in [0.15, 0.2) is 0 Å². The van der Waals surface area contributed by atoms with E-state index >= 15 is 0 Å². The molecule has 0 aromatic carbocycles. The van der Waals surface area contributed by atoms with Gasteiger partial charge in [0, 0.05) is 0 Å². The Hall–Kier alpha value is -0.570. The van der Waals surface area contributed by atoms with Gasteiger partial charge in [0.05, 0.1) is 24.7 Å². The Labute approximate surface area is 124 Å². The van der Waals surface area contributed by atoms with Crippen molar-refractivity contribution in [3.8, 4) is 0 Å². The summed E-state index contributed by atoms with van der Waals surface area (Å²) >= 11 is 0. The second kappa shape index (κ2) is 9.38. The molecule has 1 atom stereocenters. The summed E-state index contributed by atoms with van der Waals surface area (Å²) in [7, 11) is 0. The fourth-order valence-electron chi connectivity index (χ4n) is 2.49. The SMILES string of the molecule is CCOC(=O)C(C)(C)CCCCCCCCCC1CO1. The summed E-state index contributed by atoms with van der Waals surface area (Å²) in [6.45, 7) is 7.32. The van der Waals surface area contributed by atoms with Crippen molar-refractivity contribution in [1.29, 1.82) is 0 Å². The van der Waals surface area contributed by atoms with Gasteiger partial charge in [-0.3, -0.25) is 4.79 Å². The van der Waals surface area contributed by atoms with Gasteiger partial charge >= 0.3 is 5.97 Å². The third kappa shape index (κ3) is 7.88. The average Bonchev–Trinajstić information content (AvgIpc) is 3.21. The summed E-state index contributed by atoms with van der Waals surface area (Å²) in [6.07, 6.45) is 11.8. The molecule has 0 amide bonds. The molecule has 0 aliphatic carbocycles. The lowest BCUT2D eigenvalue weighted by Crippen LogP contribution is -2.26. The maximum atomic E-state index is 11.7. The molecule has 20 heavy (non-hydrogen) atoms. The molecule has 0 spiro atoms. The lowest BCUT2D eigenvalue weighted by atomic mass is 9.87. The smallest absolute Gasteiger partial charge is 0.311 e. The lowest BCUT2D eigenvalue weighted by molar-refractivity contribution is -0.153. The molecule has 118 valence electrons. The van der Waals surface area contributed by atoms with Crippen molar-refractivity contribution < 1.29 is 14.3 Å². The third-order valence-corrected chi connectivity index (χ3v) is 4.06. The van der Waals surface area contributed by atoms with Crippen LogP contribution in [-0.4, -0.2) is 25.3 Å². The molecule has 0 saturated carbocycles. The number of carbonyl (C=O) groups is 1. The molecule has 0 bridgehead atoms. The van der Waals surface area contributed by atoms with Gasteiger partial charge in [-0.1, -0.05) is 44.9 Å². The van der Waals surface area contributed by atoms with Gasteiger partial charge in [-0.2, -0.15) is 0 Å². The number of hydrogen-bond donors (Lipinski definition) is 0. The fourth-order valence-corrected chi connectivity index (χ4v) is 2.49. The van der Waals surface area contributed by atoms with Gasteiger partial charge in [0.2, 0.25) is 0 Å². The molecule has 1 heterocycles. The monoisotopic (exact) mass is 284 g/mol. The molecular weight excluding hydrogens is 252 g/mol. The number of carbonyl (C=O) groups excluding carboxylic acids is 1. The molecule has 0 aromatic heterocycles. The van der Waals surface area contributed by atoms with Gasteiger partial charge < -0.3 is 9.47 Å². The average molecular weight is 284 g/mol. The van der Waals surface area contributed by atoms with E-state index in [1.165, 1.54) is 44.9 Å². The highest BCUT2D eigenvalue weighted by Gasteiger charge is 2.28. The first kappa shape index (κ1) is 17.5. The highest BCUT2D eigenvalue weighted by molar-refractivity contribution is 5.75. The quantitative estimate of drug-likeness (QED) is 0.301. The number of rotatable bonds is 12. The van der Waals surface area contributed by atoms with Crippen LogP contribution in [0.3, 0.4) is 0 Å². The minimum atomic E-state index is -0.319. The highest BCUT2D eigenvalue weighted by Crippen LogP contribution is 2.26. The predicted molar refractivity (Wildman–Crippen MR) is 81.7 cm³/mol. The van der Waals surface area contributed by atoms with Crippen LogP contribution in [-0.2, 0) is 14.3 Å². The van der Waals surface area contributed by atoms with E-state index in [0.29, 0.717) is 12.7 Å². The van der Waals surface area contributed by atoms with Crippen LogP contribution in [0, 0.1) is 5.41 Å². The van der Waals surface area contributed by atoms with Crippen molar-refractivity contribution in [2.45, 2.75) is 84.7 Å². The van der Waals surface area contributed by atoms with E-state index in [0.717, 1.165) is 19.4 Å². The summed E-state index contributed by atoms with van der Waals surface area (Å²) in [5.41, 5.74) is -0.319. The molecule has 0 radical (unpaired) electrons. The van der Waals surface area contributed by atoms with Gasteiger partial charge in [0.25, 0.3) is 0 Å². The largest absolute Gasteiger partial charge is 0.466 e. The zero-order valence-electron chi connectivity index (χ0n) is 13.6. The van der Waals surface area contributed by atoms with Crippen LogP contribution in [0.4, 0.5) is 0 Å². The van der Waals surface area contributed by atoms with Crippen molar-refractivity contribution in [2.75, 3.05) is 13.2 Å². The van der Waals surface area contributed by atoms with Gasteiger partial charge in [-0.15, -0.1) is 0 Å². The van der Waals surface area contributed by atoms with E-state index in [1.807, 2.05) is 20.8 Å². The normalized spacial score (nSPS) is 18.1. The number of epoxide rings is 1. The molecule has 0 aromatic rings. The molecule has 1 aliphatic heterocycles. The van der Waals surface area contributed by atoms with E-state index in [2.05, 4.69) is 0 Å². The maximum Gasteiger partial charge on any atom is 0.311 e. The predicted octanol–water partition coefficient (Wildman–Crippen LogP) is 4.49. The van der Waals surface area contributed by atoms with Crippen LogP contribution in [0.5, 0.6) is 0 Å². The van der Waals surface area contributed by atoms with E-state index < -0.39 is 0 Å². The molecular formula is C17H32O3. The van der Waals surface area contributed by atoms with E-state index in [9.17, 15) is 4.79 Å². The minimum absolute atomic E-state index is 0.0534. The molecule has 1 saturated heterocycles. The number of hydrogen-bond acceptors (Lipinski definition) is 3. The molecule has 1 fully saturated rings. The Morgan fingerprint density at radius 1 is 1.10 bits per heavy atom. The number of ether oxygens (including phenoxy) is 2. The van der Waals surface area contributed by atoms with E-state index in [-0.39, 0.29) is 11.4 Å². The van der Waals surface area contributed by atoms with Crippen LogP contribution in [0.15, 0.2) is 0 Å². The molecule has 3 nitrogen and oxygen atoms in total. The topological polar surface area (TPSA) is 38.8 Å². The summed E-state index contributed by atoms with van der Waals surface area (Å²) in [5.74, 6) is -0.0534. The standard InChI is InChI=1S/C17H32O3/c1-4-19-16(18)17(2,3)13-11-9-7-5-6-8-10-12-15-14-20-15/h15H,4-14H2,1-3H3. The first-order chi connectivity index (χ1) is 9.56. The van der Waals surface area contributed by atoms with Crippen LogP contribution in [0.25, 0.3) is 0 Å². The third-order valence-electron chi connectivity index (χ3n) is 4.06. The van der Waals surface area contributed by atoms with Crippen LogP contribution in [0.1, 0.15) is 78.6 Å². The van der Waals surface area contributed by atoms with Gasteiger partial charge in [-0.25, -0.2) is 0 Å². The van der Waals surface area contributed by atoms with Crippen LogP contribution in [0.2, 0.25) is 0 Å². The summed E-state index contributed by atoms with van der Waals surface area (Å²) in [5, 5.41) is 0. The fraction of sp³-hybridized carbons (Fsp3) is 0.941. The summed E-state index contributed by atoms with van der Waals surface area (Å²) < 4.78 is 10.3. The zero-order valence-corrected chi connectivity index (χ0v) is 13.6. The molecule has 1 aliphatic rings. The van der Waals surface area contributed by atoms with Crippen molar-refractivity contribution in [1.82, 2.24) is 0 Å². The van der Waals surface area contributed by atoms with Crippen molar-refractivity contribution in [2.24, 2.45) is 5.41 Å². The Morgan fingerprint density at radius 2 is 1.65 bits per heavy atom. The highest BCUT2D eigenvalue weighted by atomic mass is 16.6. The molecule has 1 unspecified atom stereocenters. The van der Waals surface area contributed by atoms with Crippen molar-refractivity contribution in [3.63, 3.8) is 0 Å². The molecule has 0 N–H and O–H groups in total. The number of esters is 1. The first-order valence-corrected chi connectivity index (χ1v) is 8.35. The lowest BCUT2D eigenvalue weighted by Gasteiger charge is -2.21. The Morgan fingerprint density at radius 3 is 2.20 bits per heavy atom. The van der Waals surface area contributed by atoms with E-state index in [4.69, 9.17) is 9.47 Å². The minimum Gasteiger partial charge on any atom is -0.466 e. The van der Waals surface area contributed by atoms with Crippen molar-refractivity contribution >= 4 is 5.97 Å². The maximum absolute atomic E-state index is 11.7. The van der Waals surface area contributed by atoms with Crippen LogP contribution >= 0.6 is 0 Å². The molecule has 3 heteroatoms. The summed E-state index contributed by atoms with van der Waals surface area (Å²) in [6, 6.07) is 0. The summed E-state index contributed by atoms with van der Waals surface area (Å²) in [4.78, 5) is 11.7. The first-order valence-electron chi connectivity index (χ1n) is 8.35. The van der Waals surface area contributed by atoms with Crippen molar-refractivity contribution in [3.05, 3.63) is 0 Å². The zero-order chi connectivity index (χ0) is 14.8. The van der Waals surface area contributed by atoms with E-state index in [1.54, 1.807) is 0 Å². The van der Waals surface area contributed by atoms with Gasteiger partial charge in [-0.05, 0) is 33.6 Å². The second-order valence-corrected chi connectivity index (χ2v) is 6.57. The Kier molecular flexibility index (Phi) is 8.20. The van der Waals surface area contributed by atoms with Crippen LogP contribution < -0.4 is 0 Å². The Balaban J connectivity index is 1.88.